The summed E-state index contributed by atoms with van der Waals surface area (Å²) in [6.45, 7) is 2.16. The first-order chi connectivity index (χ1) is 8.15. The van der Waals surface area contributed by atoms with Gasteiger partial charge < -0.3 is 9.84 Å². The van der Waals surface area contributed by atoms with Gasteiger partial charge >= 0.3 is 0 Å². The smallest absolute Gasteiger partial charge is 0.251 e. The molecule has 0 atom stereocenters. The normalized spacial score (nSPS) is 10.2. The zero-order valence-corrected chi connectivity index (χ0v) is 10.2. The molecule has 88 valence electrons. The summed E-state index contributed by atoms with van der Waals surface area (Å²) < 4.78 is 4.91. The van der Waals surface area contributed by atoms with Crippen LogP contribution in [0, 0.1) is 6.92 Å². The lowest BCUT2D eigenvalue weighted by Gasteiger charge is -2.03. The molecule has 0 spiro atoms. The largest absolute Gasteiger partial charge is 0.361 e. The lowest BCUT2D eigenvalue weighted by molar-refractivity contribution is 0.0950. The van der Waals surface area contributed by atoms with Gasteiger partial charge in [0.1, 0.15) is 11.5 Å². The van der Waals surface area contributed by atoms with Gasteiger partial charge in [-0.2, -0.15) is 0 Å². The molecule has 1 N–H and O–H groups in total. The minimum atomic E-state index is -0.151. The zero-order chi connectivity index (χ0) is 12.3. The molecule has 0 bridgehead atoms. The summed E-state index contributed by atoms with van der Waals surface area (Å²) in [7, 11) is 0. The first kappa shape index (κ1) is 11.7. The van der Waals surface area contributed by atoms with Crippen molar-refractivity contribution in [1.82, 2.24) is 10.5 Å². The van der Waals surface area contributed by atoms with Crippen molar-refractivity contribution in [1.29, 1.82) is 0 Å². The van der Waals surface area contributed by atoms with Crippen LogP contribution < -0.4 is 5.32 Å². The average Bonchev–Trinajstić information content (AvgIpc) is 2.72. The molecule has 0 unspecified atom stereocenters. The third-order valence-corrected chi connectivity index (χ3v) is 2.49. The molecular weight excluding hydrogens is 236 g/mol. The summed E-state index contributed by atoms with van der Waals surface area (Å²) in [5, 5.41) is 6.55. The molecule has 0 radical (unpaired) electrons. The fraction of sp³-hybridized carbons (Fsp3) is 0.167. The number of rotatable bonds is 3. The van der Waals surface area contributed by atoms with Crippen molar-refractivity contribution in [2.75, 3.05) is 0 Å². The Morgan fingerprint density at radius 3 is 2.94 bits per heavy atom. The number of amides is 1. The van der Waals surface area contributed by atoms with E-state index in [1.807, 2.05) is 13.0 Å². The molecular formula is C12H12N2O2S. The predicted molar refractivity (Wildman–Crippen MR) is 66.1 cm³/mol. The monoisotopic (exact) mass is 248 g/mol. The molecule has 0 saturated carbocycles. The minimum absolute atomic E-state index is 0.151. The highest BCUT2D eigenvalue weighted by Gasteiger charge is 2.06. The molecule has 5 heteroatoms. The van der Waals surface area contributed by atoms with Gasteiger partial charge in [-0.25, -0.2) is 0 Å². The van der Waals surface area contributed by atoms with Crippen LogP contribution in [-0.2, 0) is 6.54 Å². The summed E-state index contributed by atoms with van der Waals surface area (Å²) in [6, 6.07) is 8.85. The molecule has 1 aromatic carbocycles. The van der Waals surface area contributed by atoms with Gasteiger partial charge in [0, 0.05) is 16.5 Å². The van der Waals surface area contributed by atoms with Crippen molar-refractivity contribution in [2.24, 2.45) is 0 Å². The molecule has 17 heavy (non-hydrogen) atoms. The number of nitrogens with one attached hydrogen (secondary N) is 1. The number of aromatic nitrogens is 1. The summed E-state index contributed by atoms with van der Waals surface area (Å²) in [6.07, 6.45) is 0. The van der Waals surface area contributed by atoms with Crippen molar-refractivity contribution in [3.63, 3.8) is 0 Å². The zero-order valence-electron chi connectivity index (χ0n) is 9.30. The highest BCUT2D eigenvalue weighted by Crippen LogP contribution is 2.09. The van der Waals surface area contributed by atoms with E-state index in [1.165, 1.54) is 0 Å². The predicted octanol–water partition coefficient (Wildman–Crippen LogP) is 2.20. The van der Waals surface area contributed by atoms with Crippen molar-refractivity contribution >= 4 is 18.5 Å². The van der Waals surface area contributed by atoms with E-state index in [9.17, 15) is 4.79 Å². The van der Waals surface area contributed by atoms with Gasteiger partial charge in [0.15, 0.2) is 0 Å². The quantitative estimate of drug-likeness (QED) is 0.819. The Morgan fingerprint density at radius 1 is 1.47 bits per heavy atom. The van der Waals surface area contributed by atoms with E-state index in [-0.39, 0.29) is 5.91 Å². The van der Waals surface area contributed by atoms with E-state index in [1.54, 1.807) is 24.3 Å². The summed E-state index contributed by atoms with van der Waals surface area (Å²) in [4.78, 5) is 12.5. The molecule has 4 nitrogen and oxygen atoms in total. The van der Waals surface area contributed by atoms with E-state index < -0.39 is 0 Å². The molecule has 1 heterocycles. The SMILES string of the molecule is Cc1cc(CNC(=O)c2cccc(S)c2)no1. The fourth-order valence-electron chi connectivity index (χ4n) is 1.42. The molecule has 0 aliphatic heterocycles. The summed E-state index contributed by atoms with van der Waals surface area (Å²) in [5.74, 6) is 0.577. The Hall–Kier alpha value is -1.75. The Morgan fingerprint density at radius 2 is 2.29 bits per heavy atom. The van der Waals surface area contributed by atoms with Crippen LogP contribution >= 0.6 is 12.6 Å². The van der Waals surface area contributed by atoms with Crippen LogP contribution in [0.2, 0.25) is 0 Å². The van der Waals surface area contributed by atoms with E-state index in [4.69, 9.17) is 4.52 Å². The van der Waals surface area contributed by atoms with Gasteiger partial charge in [-0.05, 0) is 25.1 Å². The van der Waals surface area contributed by atoms with E-state index >= 15 is 0 Å². The van der Waals surface area contributed by atoms with Gasteiger partial charge in [0.05, 0.1) is 6.54 Å². The number of carbonyl (C=O) groups excluding carboxylic acids is 1. The molecule has 2 aromatic rings. The molecule has 0 fully saturated rings. The van der Waals surface area contributed by atoms with Gasteiger partial charge in [-0.3, -0.25) is 4.79 Å². The number of nitrogens with zero attached hydrogens (tertiary/aromatic N) is 1. The Labute approximate surface area is 104 Å². The standard InChI is InChI=1S/C12H12N2O2S/c1-8-5-10(14-16-8)7-13-12(15)9-3-2-4-11(17)6-9/h2-6,17H,7H2,1H3,(H,13,15). The highest BCUT2D eigenvalue weighted by molar-refractivity contribution is 7.80. The van der Waals surface area contributed by atoms with Crippen LogP contribution in [0.15, 0.2) is 39.8 Å². The first-order valence-corrected chi connectivity index (χ1v) is 5.59. The lowest BCUT2D eigenvalue weighted by Crippen LogP contribution is -2.22. The Bertz CT molecular complexity index is 537. The molecule has 0 aliphatic rings. The number of carbonyl (C=O) groups is 1. The number of aryl methyl sites for hydroxylation is 1. The van der Waals surface area contributed by atoms with Crippen molar-refractivity contribution in [3.8, 4) is 0 Å². The second kappa shape index (κ2) is 5.05. The second-order valence-electron chi connectivity index (χ2n) is 3.66. The second-order valence-corrected chi connectivity index (χ2v) is 4.18. The fourth-order valence-corrected chi connectivity index (χ4v) is 1.65. The Balaban J connectivity index is 1.98. The van der Waals surface area contributed by atoms with Crippen LogP contribution in [-0.4, -0.2) is 11.1 Å². The van der Waals surface area contributed by atoms with Crippen LogP contribution in [0.1, 0.15) is 21.8 Å². The number of hydrogen-bond donors (Lipinski definition) is 2. The maximum absolute atomic E-state index is 11.8. The summed E-state index contributed by atoms with van der Waals surface area (Å²) in [5.41, 5.74) is 1.29. The van der Waals surface area contributed by atoms with Crippen LogP contribution in [0.4, 0.5) is 0 Å². The molecule has 1 amide bonds. The average molecular weight is 248 g/mol. The molecule has 0 saturated heterocycles. The van der Waals surface area contributed by atoms with Crippen LogP contribution in [0.3, 0.4) is 0 Å². The molecule has 0 aliphatic carbocycles. The van der Waals surface area contributed by atoms with Crippen molar-refractivity contribution in [3.05, 3.63) is 47.3 Å². The number of thiol groups is 1. The highest BCUT2D eigenvalue weighted by atomic mass is 32.1. The molecule has 1 aromatic heterocycles. The van der Waals surface area contributed by atoms with E-state index in [0.29, 0.717) is 17.8 Å². The van der Waals surface area contributed by atoms with Crippen LogP contribution in [0.25, 0.3) is 0 Å². The summed E-state index contributed by atoms with van der Waals surface area (Å²) >= 11 is 4.18. The molecule has 2 rings (SSSR count). The lowest BCUT2D eigenvalue weighted by atomic mass is 10.2. The van der Waals surface area contributed by atoms with Gasteiger partial charge in [-0.15, -0.1) is 12.6 Å². The van der Waals surface area contributed by atoms with Crippen molar-refractivity contribution < 1.29 is 9.32 Å². The third kappa shape index (κ3) is 3.10. The minimum Gasteiger partial charge on any atom is -0.361 e. The van der Waals surface area contributed by atoms with E-state index in [2.05, 4.69) is 23.1 Å². The Kier molecular flexibility index (Phi) is 3.49. The number of benzene rings is 1. The first-order valence-electron chi connectivity index (χ1n) is 5.14. The van der Waals surface area contributed by atoms with Gasteiger partial charge in [0.2, 0.25) is 0 Å². The third-order valence-electron chi connectivity index (χ3n) is 2.22. The van der Waals surface area contributed by atoms with E-state index in [0.717, 1.165) is 10.7 Å². The van der Waals surface area contributed by atoms with Crippen LogP contribution in [0.5, 0.6) is 0 Å². The van der Waals surface area contributed by atoms with Gasteiger partial charge in [-0.1, -0.05) is 11.2 Å². The maximum Gasteiger partial charge on any atom is 0.251 e. The van der Waals surface area contributed by atoms with Crippen molar-refractivity contribution in [2.45, 2.75) is 18.4 Å². The van der Waals surface area contributed by atoms with Gasteiger partial charge in [0.25, 0.3) is 5.91 Å². The topological polar surface area (TPSA) is 55.1 Å². The number of hydrogen-bond acceptors (Lipinski definition) is 4. The maximum atomic E-state index is 11.8.